The van der Waals surface area contributed by atoms with Gasteiger partial charge >= 0.3 is 0 Å². The topological polar surface area (TPSA) is 66.3 Å². The number of anilines is 1. The second-order valence-corrected chi connectivity index (χ2v) is 8.41. The Labute approximate surface area is 210 Å². The van der Waals surface area contributed by atoms with Gasteiger partial charge in [0.05, 0.1) is 30.8 Å². The number of nitrogens with zero attached hydrogens (tertiary/aromatic N) is 3. The highest BCUT2D eigenvalue weighted by atomic mass is 16.5. The molecule has 0 spiro atoms. The monoisotopic (exact) mass is 474 g/mol. The van der Waals surface area contributed by atoms with E-state index in [-0.39, 0.29) is 11.9 Å². The summed E-state index contributed by atoms with van der Waals surface area (Å²) < 4.78 is 5.12. The molecule has 1 amide bonds. The molecule has 0 radical (unpaired) electrons. The van der Waals surface area contributed by atoms with E-state index in [1.54, 1.807) is 37.6 Å². The molecule has 4 aromatic carbocycles. The van der Waals surface area contributed by atoms with Crippen molar-refractivity contribution in [2.24, 2.45) is 10.2 Å². The Morgan fingerprint density at radius 2 is 1.58 bits per heavy atom. The third-order valence-corrected chi connectivity index (χ3v) is 6.09. The first kappa shape index (κ1) is 23.1. The maximum Gasteiger partial charge on any atom is 0.271 e. The summed E-state index contributed by atoms with van der Waals surface area (Å²) in [6.07, 6.45) is 2.46. The van der Waals surface area contributed by atoms with Crippen molar-refractivity contribution in [3.8, 4) is 5.75 Å². The predicted molar refractivity (Wildman–Crippen MR) is 144 cm³/mol. The molecule has 6 nitrogen and oxygen atoms in total. The van der Waals surface area contributed by atoms with Gasteiger partial charge in [0.15, 0.2) is 0 Å². The average Bonchev–Trinajstić information content (AvgIpc) is 3.40. The highest BCUT2D eigenvalue weighted by Gasteiger charge is 2.29. The largest absolute Gasteiger partial charge is 0.497 e. The van der Waals surface area contributed by atoms with E-state index in [9.17, 15) is 4.79 Å². The number of benzene rings is 4. The summed E-state index contributed by atoms with van der Waals surface area (Å²) in [5.74, 6) is 0.416. The number of hydrogen-bond acceptors (Lipinski definition) is 5. The van der Waals surface area contributed by atoms with Crippen molar-refractivity contribution in [1.29, 1.82) is 0 Å². The Morgan fingerprint density at radius 3 is 2.25 bits per heavy atom. The van der Waals surface area contributed by atoms with E-state index in [0.29, 0.717) is 11.3 Å². The molecule has 1 atom stereocenters. The molecule has 36 heavy (non-hydrogen) atoms. The molecule has 0 aliphatic carbocycles. The van der Waals surface area contributed by atoms with Crippen LogP contribution >= 0.6 is 0 Å². The summed E-state index contributed by atoms with van der Waals surface area (Å²) in [6.45, 7) is 0. The Kier molecular flexibility index (Phi) is 6.85. The van der Waals surface area contributed by atoms with E-state index in [4.69, 9.17) is 9.84 Å². The Hall–Kier alpha value is -4.71. The van der Waals surface area contributed by atoms with Gasteiger partial charge in [0, 0.05) is 12.0 Å². The number of carbonyl (C=O) groups is 1. The number of rotatable bonds is 7. The van der Waals surface area contributed by atoms with Crippen LogP contribution in [0, 0.1) is 0 Å². The number of methoxy groups -OCH3 is 1. The highest BCUT2D eigenvalue weighted by Crippen LogP contribution is 2.36. The molecule has 0 bridgehead atoms. The number of ether oxygens (including phenoxy) is 1. The number of nitrogens with one attached hydrogen (secondary N) is 1. The first-order chi connectivity index (χ1) is 17.7. The lowest BCUT2D eigenvalue weighted by molar-refractivity contribution is 0.0955. The molecule has 0 aromatic heterocycles. The predicted octanol–water partition coefficient (Wildman–Crippen LogP) is 5.81. The molecule has 4 aromatic rings. The van der Waals surface area contributed by atoms with Crippen molar-refractivity contribution < 1.29 is 9.53 Å². The van der Waals surface area contributed by atoms with Gasteiger partial charge in [0.1, 0.15) is 5.75 Å². The smallest absolute Gasteiger partial charge is 0.271 e. The van der Waals surface area contributed by atoms with Crippen molar-refractivity contribution in [2.75, 3.05) is 12.1 Å². The minimum Gasteiger partial charge on any atom is -0.497 e. The van der Waals surface area contributed by atoms with Crippen molar-refractivity contribution in [3.63, 3.8) is 0 Å². The minimum absolute atomic E-state index is 0.115. The van der Waals surface area contributed by atoms with Gasteiger partial charge in [-0.15, -0.1) is 0 Å². The summed E-state index contributed by atoms with van der Waals surface area (Å²) in [7, 11) is 1.59. The molecule has 5 rings (SSSR count). The maximum absolute atomic E-state index is 12.3. The standard InChI is InChI=1S/C30H26N4O2/c1-36-27-18-14-25(15-19-27)30(35)32-31-21-22-12-16-26(17-13-22)34-29(24-10-6-3-7-11-24)20-28(33-34)23-8-4-2-5-9-23/h2-19,21,29H,20H2,1H3,(H,32,35)/b31-21-/t29-/m1/s1. The molecule has 178 valence electrons. The maximum atomic E-state index is 12.3. The third-order valence-electron chi connectivity index (χ3n) is 6.09. The molecule has 0 fully saturated rings. The fraction of sp³-hybridized carbons (Fsp3) is 0.100. The Bertz CT molecular complexity index is 1370. The second-order valence-electron chi connectivity index (χ2n) is 8.41. The van der Waals surface area contributed by atoms with Gasteiger partial charge in [-0.05, 0) is 53.1 Å². The van der Waals surface area contributed by atoms with E-state index in [2.05, 4.69) is 51.9 Å². The molecule has 1 aliphatic rings. The summed E-state index contributed by atoms with van der Waals surface area (Å²) in [5, 5.41) is 11.2. The quantitative estimate of drug-likeness (QED) is 0.271. The Morgan fingerprint density at radius 1 is 0.917 bits per heavy atom. The zero-order valence-electron chi connectivity index (χ0n) is 19.9. The van der Waals surface area contributed by atoms with Crippen molar-refractivity contribution >= 4 is 23.5 Å². The van der Waals surface area contributed by atoms with Gasteiger partial charge in [0.25, 0.3) is 5.91 Å². The van der Waals surface area contributed by atoms with Crippen LogP contribution in [0.5, 0.6) is 5.75 Å². The van der Waals surface area contributed by atoms with Gasteiger partial charge in [-0.3, -0.25) is 9.80 Å². The van der Waals surface area contributed by atoms with Crippen molar-refractivity contribution in [2.45, 2.75) is 12.5 Å². The van der Waals surface area contributed by atoms with Gasteiger partial charge in [-0.2, -0.15) is 10.2 Å². The number of amides is 1. The van der Waals surface area contributed by atoms with Crippen LogP contribution < -0.4 is 15.2 Å². The average molecular weight is 475 g/mol. The summed E-state index contributed by atoms with van der Waals surface area (Å²) >= 11 is 0. The third kappa shape index (κ3) is 5.18. The number of hydrogen-bond donors (Lipinski definition) is 1. The van der Waals surface area contributed by atoms with Gasteiger partial charge in [-0.1, -0.05) is 72.8 Å². The van der Waals surface area contributed by atoms with Crippen LogP contribution in [0.25, 0.3) is 0 Å². The zero-order valence-corrected chi connectivity index (χ0v) is 19.9. The van der Waals surface area contributed by atoms with E-state index in [0.717, 1.165) is 28.9 Å². The molecular formula is C30H26N4O2. The SMILES string of the molecule is COc1ccc(C(=O)N/N=C\c2ccc(N3N=C(c4ccccc4)C[C@@H]3c3ccccc3)cc2)cc1. The zero-order chi connectivity index (χ0) is 24.7. The lowest BCUT2D eigenvalue weighted by Gasteiger charge is -2.24. The molecule has 0 unspecified atom stereocenters. The van der Waals surface area contributed by atoms with Gasteiger partial charge < -0.3 is 4.74 Å². The highest BCUT2D eigenvalue weighted by molar-refractivity contribution is 6.03. The van der Waals surface area contributed by atoms with Crippen LogP contribution in [-0.4, -0.2) is 24.9 Å². The molecule has 6 heteroatoms. The first-order valence-electron chi connectivity index (χ1n) is 11.8. The molecule has 1 N–H and O–H groups in total. The van der Waals surface area contributed by atoms with E-state index in [1.807, 2.05) is 48.5 Å². The van der Waals surface area contributed by atoms with Crippen LogP contribution in [0.15, 0.2) is 119 Å². The molecule has 1 aliphatic heterocycles. The number of carbonyl (C=O) groups excluding carboxylic acids is 1. The molecule has 1 heterocycles. The molecular weight excluding hydrogens is 448 g/mol. The van der Waals surface area contributed by atoms with E-state index in [1.165, 1.54) is 5.56 Å². The molecule has 0 saturated heterocycles. The van der Waals surface area contributed by atoms with Crippen molar-refractivity contribution in [1.82, 2.24) is 5.43 Å². The Balaban J connectivity index is 1.31. The normalized spacial score (nSPS) is 15.1. The second kappa shape index (κ2) is 10.7. The molecule has 0 saturated carbocycles. The van der Waals surface area contributed by atoms with Crippen LogP contribution in [0.3, 0.4) is 0 Å². The van der Waals surface area contributed by atoms with Crippen LogP contribution in [0.4, 0.5) is 5.69 Å². The van der Waals surface area contributed by atoms with Gasteiger partial charge in [-0.25, -0.2) is 5.43 Å². The first-order valence-corrected chi connectivity index (χ1v) is 11.8. The van der Waals surface area contributed by atoms with Gasteiger partial charge in [0.2, 0.25) is 0 Å². The van der Waals surface area contributed by atoms with E-state index >= 15 is 0 Å². The minimum atomic E-state index is -0.281. The fourth-order valence-electron chi connectivity index (χ4n) is 4.17. The number of hydrazone groups is 2. The summed E-state index contributed by atoms with van der Waals surface area (Å²) in [6, 6.07) is 35.7. The lowest BCUT2D eigenvalue weighted by Crippen LogP contribution is -2.18. The van der Waals surface area contributed by atoms with Crippen LogP contribution in [0.2, 0.25) is 0 Å². The lowest BCUT2D eigenvalue weighted by atomic mass is 9.98. The fourth-order valence-corrected chi connectivity index (χ4v) is 4.17. The van der Waals surface area contributed by atoms with Crippen LogP contribution in [-0.2, 0) is 0 Å². The summed E-state index contributed by atoms with van der Waals surface area (Å²) in [5.41, 5.74) is 8.37. The van der Waals surface area contributed by atoms with E-state index < -0.39 is 0 Å². The van der Waals surface area contributed by atoms with Crippen molar-refractivity contribution in [3.05, 3.63) is 131 Å². The summed E-state index contributed by atoms with van der Waals surface area (Å²) in [4.78, 5) is 12.3. The van der Waals surface area contributed by atoms with Crippen LogP contribution in [0.1, 0.15) is 39.5 Å².